The molecule has 18 heavy (non-hydrogen) atoms. The minimum Gasteiger partial charge on any atom is -0.483 e. The minimum atomic E-state index is -0.470. The van der Waals surface area contributed by atoms with Crippen molar-refractivity contribution in [3.63, 3.8) is 0 Å². The van der Waals surface area contributed by atoms with Crippen molar-refractivity contribution < 1.29 is 14.3 Å². The number of nitrogens with zero attached hydrogens (tertiary/aromatic N) is 2. The quantitative estimate of drug-likeness (QED) is 0.602. The van der Waals surface area contributed by atoms with Gasteiger partial charge < -0.3 is 15.2 Å². The van der Waals surface area contributed by atoms with E-state index < -0.39 is 5.97 Å². The summed E-state index contributed by atoms with van der Waals surface area (Å²) < 4.78 is 12.0. The van der Waals surface area contributed by atoms with Gasteiger partial charge in [-0.3, -0.25) is 4.57 Å². The summed E-state index contributed by atoms with van der Waals surface area (Å²) in [7, 11) is 1.32. The molecule has 0 saturated heterocycles. The van der Waals surface area contributed by atoms with Crippen LogP contribution in [-0.4, -0.2) is 22.6 Å². The maximum absolute atomic E-state index is 11.4. The number of anilines is 1. The van der Waals surface area contributed by atoms with Crippen molar-refractivity contribution in [3.8, 4) is 11.4 Å². The fourth-order valence-corrected chi connectivity index (χ4v) is 1.92. The van der Waals surface area contributed by atoms with E-state index in [1.54, 1.807) is 29.0 Å². The summed E-state index contributed by atoms with van der Waals surface area (Å²) in [6.07, 6.45) is 1.63. The molecule has 0 atom stereocenters. The highest BCUT2D eigenvalue weighted by molar-refractivity contribution is 5.87. The van der Waals surface area contributed by atoms with Crippen molar-refractivity contribution in [2.75, 3.05) is 12.8 Å². The molecule has 0 unspecified atom stereocenters. The predicted octanol–water partition coefficient (Wildman–Crippen LogP) is 1.13. The molecule has 0 radical (unpaired) electrons. The maximum atomic E-state index is 11.4. The van der Waals surface area contributed by atoms with Gasteiger partial charge in [-0.05, 0) is 18.2 Å². The second-order valence-electron chi connectivity index (χ2n) is 3.92. The van der Waals surface area contributed by atoms with Crippen molar-refractivity contribution in [2.45, 2.75) is 6.61 Å². The zero-order valence-corrected chi connectivity index (χ0v) is 9.71. The molecule has 1 aromatic carbocycles. The first-order chi connectivity index (χ1) is 8.69. The number of imidazole rings is 1. The van der Waals surface area contributed by atoms with Gasteiger partial charge in [-0.15, -0.1) is 0 Å². The Morgan fingerprint density at radius 3 is 3.17 bits per heavy atom. The SMILES string of the molecule is COC(=O)c1cn2c(n1)COc1ccc(N)cc1-2. The molecule has 0 aliphatic carbocycles. The van der Waals surface area contributed by atoms with Crippen LogP contribution in [0, 0.1) is 0 Å². The number of ether oxygens (including phenoxy) is 2. The normalized spacial score (nSPS) is 12.3. The highest BCUT2D eigenvalue weighted by atomic mass is 16.5. The molecule has 6 heteroatoms. The second-order valence-corrected chi connectivity index (χ2v) is 3.92. The Kier molecular flexibility index (Phi) is 2.22. The number of hydrogen-bond donors (Lipinski definition) is 1. The summed E-state index contributed by atoms with van der Waals surface area (Å²) in [6.45, 7) is 0.313. The van der Waals surface area contributed by atoms with Gasteiger partial charge in [0.15, 0.2) is 11.5 Å². The van der Waals surface area contributed by atoms with Crippen LogP contribution in [0.5, 0.6) is 5.75 Å². The van der Waals surface area contributed by atoms with Crippen LogP contribution in [0.2, 0.25) is 0 Å². The Morgan fingerprint density at radius 1 is 1.56 bits per heavy atom. The van der Waals surface area contributed by atoms with E-state index in [2.05, 4.69) is 9.72 Å². The molecule has 1 aliphatic heterocycles. The summed E-state index contributed by atoms with van der Waals surface area (Å²) >= 11 is 0. The van der Waals surface area contributed by atoms with Crippen LogP contribution in [0.1, 0.15) is 16.3 Å². The van der Waals surface area contributed by atoms with E-state index in [4.69, 9.17) is 10.5 Å². The summed E-state index contributed by atoms with van der Waals surface area (Å²) in [6, 6.07) is 5.34. The zero-order valence-electron chi connectivity index (χ0n) is 9.71. The van der Waals surface area contributed by atoms with Crippen LogP contribution in [0.15, 0.2) is 24.4 Å². The van der Waals surface area contributed by atoms with Crippen molar-refractivity contribution in [1.82, 2.24) is 9.55 Å². The number of methoxy groups -OCH3 is 1. The topological polar surface area (TPSA) is 79.4 Å². The molecule has 2 heterocycles. The first-order valence-electron chi connectivity index (χ1n) is 5.38. The number of aromatic nitrogens is 2. The molecule has 2 aromatic rings. The number of nitrogen functional groups attached to an aromatic ring is 1. The van der Waals surface area contributed by atoms with E-state index in [-0.39, 0.29) is 5.69 Å². The fourth-order valence-electron chi connectivity index (χ4n) is 1.92. The fraction of sp³-hybridized carbons (Fsp3) is 0.167. The average Bonchev–Trinajstić information content (AvgIpc) is 2.82. The standard InChI is InChI=1S/C12H11N3O3/c1-17-12(16)8-5-15-9-4-7(13)2-3-10(9)18-6-11(15)14-8/h2-5H,6,13H2,1H3. The number of benzene rings is 1. The van der Waals surface area contributed by atoms with Gasteiger partial charge in [0.05, 0.1) is 12.8 Å². The highest BCUT2D eigenvalue weighted by Gasteiger charge is 2.22. The molecule has 6 nitrogen and oxygen atoms in total. The number of nitrogens with two attached hydrogens (primary N) is 1. The monoisotopic (exact) mass is 245 g/mol. The highest BCUT2D eigenvalue weighted by Crippen LogP contribution is 2.31. The molecule has 1 aliphatic rings. The Labute approximate surface area is 103 Å². The largest absolute Gasteiger partial charge is 0.483 e. The van der Waals surface area contributed by atoms with Gasteiger partial charge in [0.2, 0.25) is 0 Å². The lowest BCUT2D eigenvalue weighted by atomic mass is 10.2. The first kappa shape index (κ1) is 10.6. The Balaban J connectivity index is 2.14. The van der Waals surface area contributed by atoms with Crippen LogP contribution >= 0.6 is 0 Å². The second kappa shape index (κ2) is 3.76. The van der Waals surface area contributed by atoms with Crippen LogP contribution in [0.25, 0.3) is 5.69 Å². The summed E-state index contributed by atoms with van der Waals surface area (Å²) in [5.74, 6) is 0.890. The van der Waals surface area contributed by atoms with Gasteiger partial charge in [-0.2, -0.15) is 0 Å². The van der Waals surface area contributed by atoms with Crippen molar-refractivity contribution >= 4 is 11.7 Å². The number of carbonyl (C=O) groups is 1. The van der Waals surface area contributed by atoms with E-state index in [9.17, 15) is 4.79 Å². The molecule has 0 fully saturated rings. The van der Waals surface area contributed by atoms with Gasteiger partial charge in [-0.25, -0.2) is 9.78 Å². The lowest BCUT2D eigenvalue weighted by Crippen LogP contribution is -2.12. The van der Waals surface area contributed by atoms with E-state index in [1.165, 1.54) is 7.11 Å². The predicted molar refractivity (Wildman–Crippen MR) is 63.6 cm³/mol. The third-order valence-corrected chi connectivity index (χ3v) is 2.77. The summed E-state index contributed by atoms with van der Waals surface area (Å²) in [5, 5.41) is 0. The third kappa shape index (κ3) is 1.50. The van der Waals surface area contributed by atoms with Gasteiger partial charge in [-0.1, -0.05) is 0 Å². The van der Waals surface area contributed by atoms with E-state index in [1.807, 2.05) is 0 Å². The molecule has 0 bridgehead atoms. The van der Waals surface area contributed by atoms with Crippen molar-refractivity contribution in [2.24, 2.45) is 0 Å². The Bertz CT molecular complexity index is 633. The van der Waals surface area contributed by atoms with E-state index in [0.717, 1.165) is 5.69 Å². The number of fused-ring (bicyclic) bond motifs is 3. The minimum absolute atomic E-state index is 0.256. The van der Waals surface area contributed by atoms with Crippen molar-refractivity contribution in [3.05, 3.63) is 35.9 Å². The van der Waals surface area contributed by atoms with Crippen LogP contribution < -0.4 is 10.5 Å². The van der Waals surface area contributed by atoms with Crippen LogP contribution in [0.3, 0.4) is 0 Å². The zero-order chi connectivity index (χ0) is 12.7. The molecule has 0 amide bonds. The van der Waals surface area contributed by atoms with Gasteiger partial charge >= 0.3 is 5.97 Å². The van der Waals surface area contributed by atoms with E-state index >= 15 is 0 Å². The van der Waals surface area contributed by atoms with Gasteiger partial charge in [0.1, 0.15) is 12.4 Å². The summed E-state index contributed by atoms with van der Waals surface area (Å²) in [5.41, 5.74) is 7.41. The Hall–Kier alpha value is -2.50. The third-order valence-electron chi connectivity index (χ3n) is 2.77. The molecule has 2 N–H and O–H groups in total. The molecule has 0 saturated carbocycles. The molecule has 1 aromatic heterocycles. The number of rotatable bonds is 1. The molecule has 3 rings (SSSR count). The number of hydrogen-bond acceptors (Lipinski definition) is 5. The summed E-state index contributed by atoms with van der Waals surface area (Å²) in [4.78, 5) is 15.6. The molecular formula is C12H11N3O3. The number of carbonyl (C=O) groups excluding carboxylic acids is 1. The first-order valence-corrected chi connectivity index (χ1v) is 5.38. The average molecular weight is 245 g/mol. The van der Waals surface area contributed by atoms with Crippen LogP contribution in [0.4, 0.5) is 5.69 Å². The lowest BCUT2D eigenvalue weighted by molar-refractivity contribution is 0.0594. The number of esters is 1. The van der Waals surface area contributed by atoms with E-state index in [0.29, 0.717) is 23.9 Å². The smallest absolute Gasteiger partial charge is 0.358 e. The maximum Gasteiger partial charge on any atom is 0.358 e. The molecule has 0 spiro atoms. The van der Waals surface area contributed by atoms with Gasteiger partial charge in [0.25, 0.3) is 0 Å². The molecule has 92 valence electrons. The lowest BCUT2D eigenvalue weighted by Gasteiger charge is -2.19. The Morgan fingerprint density at radius 2 is 2.39 bits per heavy atom. The van der Waals surface area contributed by atoms with Gasteiger partial charge in [0, 0.05) is 11.9 Å². The van der Waals surface area contributed by atoms with Crippen molar-refractivity contribution in [1.29, 1.82) is 0 Å². The van der Waals surface area contributed by atoms with Crippen LogP contribution in [-0.2, 0) is 11.3 Å². The molecular weight excluding hydrogens is 234 g/mol.